The van der Waals surface area contributed by atoms with Crippen molar-refractivity contribution in [3.8, 4) is 0 Å². The van der Waals surface area contributed by atoms with Crippen LogP contribution < -0.4 is 56.8 Å². The predicted octanol–water partition coefficient (Wildman–Crippen LogP) is -2.94. The molecule has 0 radical (unpaired) electrons. The number of hydrogen-bond acceptors (Lipinski definition) is 2. The molecule has 0 unspecified atom stereocenters. The Hall–Kier alpha value is 0.956. The fraction of sp³-hybridized carbons (Fsp3) is 1.00. The molecule has 5 nitrogen and oxygen atoms in total. The van der Waals surface area contributed by atoms with Crippen LogP contribution in [0.5, 0.6) is 0 Å². The molecule has 0 atom stereocenters. The molecule has 0 amide bonds. The van der Waals surface area contributed by atoms with Gasteiger partial charge in [-0.1, -0.05) is 19.3 Å². The predicted molar refractivity (Wildman–Crippen MR) is 44.1 cm³/mol. The molecule has 1 aliphatic rings. The molecule has 6 heteroatoms. The Bertz CT molecular complexity index is 104. The zero-order valence-corrected chi connectivity index (χ0v) is 10.6. The summed E-state index contributed by atoms with van der Waals surface area (Å²) in [5.74, 6) is 0. The van der Waals surface area contributed by atoms with Crippen LogP contribution in [-0.4, -0.2) is 17.0 Å². The van der Waals surface area contributed by atoms with Gasteiger partial charge < -0.3 is 12.4 Å². The molecule has 0 bridgehead atoms. The van der Waals surface area contributed by atoms with Crippen LogP contribution in [0.2, 0.25) is 0 Å². The van der Waals surface area contributed by atoms with Crippen molar-refractivity contribution in [2.45, 2.75) is 38.1 Å². The van der Waals surface area contributed by atoms with Gasteiger partial charge in [0.05, 0.1) is 0 Å². The minimum Gasteiger partial charge on any atom is -1.00 e. The summed E-state index contributed by atoms with van der Waals surface area (Å²) in [4.78, 5) is 9.71. The van der Waals surface area contributed by atoms with Gasteiger partial charge in [-0.15, -0.1) is 4.91 Å². The topological polar surface area (TPSA) is 104 Å². The molecule has 0 aromatic carbocycles. The van der Waals surface area contributed by atoms with Crippen molar-refractivity contribution < 1.29 is 63.8 Å². The second-order valence-electron chi connectivity index (χ2n) is 2.56. The maximum atomic E-state index is 9.71. The second kappa shape index (κ2) is 12.0. The molecule has 0 spiro atoms. The van der Waals surface area contributed by atoms with E-state index in [1.807, 2.05) is 0 Å². The summed E-state index contributed by atoms with van der Waals surface area (Å²) < 4.78 is 0. The first-order chi connectivity index (χ1) is 4.43. The average molecular weight is 204 g/mol. The summed E-state index contributed by atoms with van der Waals surface area (Å²) in [6.07, 6.45) is 6.04. The zero-order valence-electron chi connectivity index (χ0n) is 8.47. The summed E-state index contributed by atoms with van der Waals surface area (Å²) >= 11 is 0. The molecule has 1 rings (SSSR count). The van der Waals surface area contributed by atoms with Crippen LogP contribution in [0, 0.1) is 4.91 Å². The summed E-state index contributed by atoms with van der Waals surface area (Å²) in [5.41, 5.74) is 2.55. The summed E-state index contributed by atoms with van der Waals surface area (Å²) in [6.45, 7) is 0. The minimum atomic E-state index is 0. The summed E-state index contributed by atoms with van der Waals surface area (Å²) in [6, 6.07) is 0.372. The third-order valence-corrected chi connectivity index (χ3v) is 1.84. The van der Waals surface area contributed by atoms with E-state index in [9.17, 15) is 4.91 Å². The molecule has 0 aliphatic heterocycles. The number of hydrogen-bond donors (Lipinski definition) is 1. The monoisotopic (exact) mass is 204 g/mol. The van der Waals surface area contributed by atoms with Crippen molar-refractivity contribution in [2.24, 2.45) is 5.29 Å². The molecule has 0 heterocycles. The van der Waals surface area contributed by atoms with E-state index in [1.54, 1.807) is 0 Å². The van der Waals surface area contributed by atoms with Crippen molar-refractivity contribution in [2.75, 3.05) is 0 Å². The first-order valence-electron chi connectivity index (χ1n) is 3.51. The van der Waals surface area contributed by atoms with Gasteiger partial charge in [-0.3, -0.25) is 5.43 Å². The van der Waals surface area contributed by atoms with Crippen molar-refractivity contribution in [1.82, 2.24) is 5.43 Å². The quantitative estimate of drug-likeness (QED) is 0.295. The fourth-order valence-electron chi connectivity index (χ4n) is 1.31. The van der Waals surface area contributed by atoms with E-state index in [4.69, 9.17) is 0 Å². The Kier molecular flexibility index (Phi) is 18.6. The molecule has 0 aromatic rings. The molecule has 1 fully saturated rings. The van der Waals surface area contributed by atoms with Crippen LogP contribution in [0.3, 0.4) is 0 Å². The molecule has 0 saturated heterocycles. The van der Waals surface area contributed by atoms with E-state index in [2.05, 4.69) is 10.7 Å². The molecule has 12 heavy (non-hydrogen) atoms. The third-order valence-electron chi connectivity index (χ3n) is 1.84. The number of nitrogens with one attached hydrogen (secondary N) is 1. The van der Waals surface area contributed by atoms with Gasteiger partial charge in [0.15, 0.2) is 0 Å². The van der Waals surface area contributed by atoms with Gasteiger partial charge >= 0.3 is 51.4 Å². The maximum absolute atomic E-state index is 9.71. The van der Waals surface area contributed by atoms with Crippen LogP contribution in [0.25, 0.3) is 0 Å². The van der Waals surface area contributed by atoms with Crippen molar-refractivity contribution in [3.05, 3.63) is 4.91 Å². The standard InChI is InChI=1S/C6H12N2O.K.2H2O.H/c9-8-7-6-4-2-1-3-5-6;;;;/h6H,1-5H2,(H,7,9);;2*1H2;/q;+1;;;-1. The van der Waals surface area contributed by atoms with E-state index < -0.39 is 0 Å². The number of rotatable bonds is 2. The minimum absolute atomic E-state index is 0. The Morgan fingerprint density at radius 1 is 1.17 bits per heavy atom. The molecular weight excluding hydrogens is 187 g/mol. The Labute approximate surface area is 116 Å². The van der Waals surface area contributed by atoms with Gasteiger partial charge in [-0.25, -0.2) is 0 Å². The molecule has 1 saturated carbocycles. The van der Waals surface area contributed by atoms with Gasteiger partial charge in [-0.05, 0) is 12.8 Å². The van der Waals surface area contributed by atoms with E-state index in [0.29, 0.717) is 6.04 Å². The van der Waals surface area contributed by atoms with Gasteiger partial charge in [0.2, 0.25) is 0 Å². The van der Waals surface area contributed by atoms with Crippen LogP contribution in [0.15, 0.2) is 5.29 Å². The van der Waals surface area contributed by atoms with Gasteiger partial charge in [0.1, 0.15) is 0 Å². The third kappa shape index (κ3) is 7.60. The van der Waals surface area contributed by atoms with Crippen LogP contribution in [0.1, 0.15) is 33.5 Å². The Balaban J connectivity index is -0.000000101. The first-order valence-corrected chi connectivity index (χ1v) is 3.51. The number of nitroso groups, excluding NO2 is 1. The smallest absolute Gasteiger partial charge is 1.00 e. The Morgan fingerprint density at radius 3 is 2.08 bits per heavy atom. The SMILES string of the molecule is O.O.O=NNC1CCCCC1.[H-].[K+]. The second-order valence-corrected chi connectivity index (χ2v) is 2.56. The van der Waals surface area contributed by atoms with Crippen LogP contribution in [0.4, 0.5) is 0 Å². The van der Waals surface area contributed by atoms with Crippen molar-refractivity contribution in [1.29, 1.82) is 0 Å². The van der Waals surface area contributed by atoms with Crippen LogP contribution in [-0.2, 0) is 0 Å². The van der Waals surface area contributed by atoms with E-state index >= 15 is 0 Å². The van der Waals surface area contributed by atoms with Gasteiger partial charge in [0.25, 0.3) is 0 Å². The van der Waals surface area contributed by atoms with Gasteiger partial charge in [-0.2, -0.15) is 0 Å². The molecule has 1 aliphatic carbocycles. The summed E-state index contributed by atoms with van der Waals surface area (Å²) in [7, 11) is 0. The van der Waals surface area contributed by atoms with Gasteiger partial charge in [0, 0.05) is 11.3 Å². The van der Waals surface area contributed by atoms with Crippen LogP contribution >= 0.6 is 0 Å². The first kappa shape index (κ1) is 18.7. The van der Waals surface area contributed by atoms with E-state index in [0.717, 1.165) is 12.8 Å². The molecular formula is C6H17KN2O3. The number of nitrogens with zero attached hydrogens (tertiary/aromatic N) is 1. The zero-order chi connectivity index (χ0) is 6.53. The average Bonchev–Trinajstić information content (AvgIpc) is 1.91. The van der Waals surface area contributed by atoms with Crippen molar-refractivity contribution >= 4 is 0 Å². The maximum Gasteiger partial charge on any atom is 1.00 e. The molecule has 70 valence electrons. The fourth-order valence-corrected chi connectivity index (χ4v) is 1.31. The van der Waals surface area contributed by atoms with E-state index in [1.165, 1.54) is 19.3 Å². The summed E-state index contributed by atoms with van der Waals surface area (Å²) in [5, 5.41) is 2.66. The molecule has 0 aromatic heterocycles. The normalized spacial score (nSPS) is 16.0. The molecule has 5 N–H and O–H groups in total. The largest absolute Gasteiger partial charge is 1.00 e. The Morgan fingerprint density at radius 2 is 1.67 bits per heavy atom. The van der Waals surface area contributed by atoms with E-state index in [-0.39, 0.29) is 63.8 Å². The van der Waals surface area contributed by atoms with Crippen molar-refractivity contribution in [3.63, 3.8) is 0 Å².